The fraction of sp³-hybridized carbons (Fsp3) is 0.478. The second-order valence-corrected chi connectivity index (χ2v) is 8.14. The maximum absolute atomic E-state index is 12.8. The van der Waals surface area contributed by atoms with Gasteiger partial charge in [-0.2, -0.15) is 13.2 Å². The van der Waals surface area contributed by atoms with Crippen molar-refractivity contribution >= 4 is 5.91 Å². The minimum absolute atomic E-state index is 0.115. The molecule has 2 aliphatic heterocycles. The first-order valence-corrected chi connectivity index (χ1v) is 10.5. The third-order valence-electron chi connectivity index (χ3n) is 6.00. The summed E-state index contributed by atoms with van der Waals surface area (Å²) in [7, 11) is 0. The van der Waals surface area contributed by atoms with Gasteiger partial charge in [0.1, 0.15) is 0 Å². The molecular formula is C23H26F3N3O. The molecule has 0 bridgehead atoms. The lowest BCUT2D eigenvalue weighted by Crippen LogP contribution is -2.38. The van der Waals surface area contributed by atoms with Crippen molar-refractivity contribution in [3.8, 4) is 0 Å². The molecule has 0 unspecified atom stereocenters. The molecule has 0 N–H and O–H groups in total. The highest BCUT2D eigenvalue weighted by Gasteiger charge is 2.31. The van der Waals surface area contributed by atoms with Crippen molar-refractivity contribution in [2.24, 2.45) is 0 Å². The van der Waals surface area contributed by atoms with E-state index in [0.717, 1.165) is 74.4 Å². The molecule has 1 atom stereocenters. The van der Waals surface area contributed by atoms with Gasteiger partial charge in [-0.25, -0.2) is 0 Å². The van der Waals surface area contributed by atoms with Crippen LogP contribution in [0.4, 0.5) is 13.2 Å². The number of amides is 1. The average Bonchev–Trinajstić information content (AvgIpc) is 3.40. The highest BCUT2D eigenvalue weighted by Crippen LogP contribution is 2.32. The first-order valence-electron chi connectivity index (χ1n) is 10.5. The summed E-state index contributed by atoms with van der Waals surface area (Å²) in [5.74, 6) is 0.195. The van der Waals surface area contributed by atoms with Gasteiger partial charge in [-0.1, -0.05) is 18.2 Å². The lowest BCUT2D eigenvalue weighted by atomic mass is 10.1. The number of carbonyl (C=O) groups is 1. The average molecular weight is 417 g/mol. The van der Waals surface area contributed by atoms with Gasteiger partial charge in [0, 0.05) is 25.2 Å². The van der Waals surface area contributed by atoms with E-state index in [1.54, 1.807) is 0 Å². The number of carbonyl (C=O) groups excluding carboxylic acids is 1. The SMILES string of the molecule is O=C(CN1CCC[C@@H]1c1cccc(Cc2ccc(C(F)(F)F)cc2)n1)N1CCCC1. The number of pyridine rings is 1. The zero-order valence-electron chi connectivity index (χ0n) is 16.9. The molecule has 0 aliphatic carbocycles. The molecule has 1 amide bonds. The molecule has 1 aromatic carbocycles. The number of aromatic nitrogens is 1. The van der Waals surface area contributed by atoms with Crippen molar-refractivity contribution in [2.75, 3.05) is 26.2 Å². The number of likely N-dealkylation sites (tertiary alicyclic amines) is 2. The Morgan fingerprint density at radius 3 is 2.43 bits per heavy atom. The van der Waals surface area contributed by atoms with Gasteiger partial charge in [0.05, 0.1) is 23.8 Å². The van der Waals surface area contributed by atoms with Crippen LogP contribution in [0.15, 0.2) is 42.5 Å². The lowest BCUT2D eigenvalue weighted by Gasteiger charge is -2.26. The Kier molecular flexibility index (Phi) is 6.09. The highest BCUT2D eigenvalue weighted by atomic mass is 19.4. The highest BCUT2D eigenvalue weighted by molar-refractivity contribution is 5.78. The summed E-state index contributed by atoms with van der Waals surface area (Å²) >= 11 is 0. The topological polar surface area (TPSA) is 36.4 Å². The number of benzene rings is 1. The van der Waals surface area contributed by atoms with E-state index in [9.17, 15) is 18.0 Å². The number of nitrogens with zero attached hydrogens (tertiary/aromatic N) is 3. The minimum atomic E-state index is -4.32. The first kappa shape index (κ1) is 20.8. The fourth-order valence-corrected chi connectivity index (χ4v) is 4.39. The van der Waals surface area contributed by atoms with E-state index in [1.807, 2.05) is 23.1 Å². The van der Waals surface area contributed by atoms with Gasteiger partial charge in [-0.15, -0.1) is 0 Å². The Balaban J connectivity index is 1.43. The van der Waals surface area contributed by atoms with Crippen molar-refractivity contribution in [3.05, 3.63) is 65.0 Å². The van der Waals surface area contributed by atoms with Gasteiger partial charge in [-0.3, -0.25) is 14.7 Å². The van der Waals surface area contributed by atoms with E-state index in [-0.39, 0.29) is 11.9 Å². The molecule has 4 rings (SSSR count). The Labute approximate surface area is 174 Å². The summed E-state index contributed by atoms with van der Waals surface area (Å²) in [5, 5.41) is 0. The minimum Gasteiger partial charge on any atom is -0.342 e. The molecule has 30 heavy (non-hydrogen) atoms. The van der Waals surface area contributed by atoms with E-state index in [4.69, 9.17) is 4.98 Å². The van der Waals surface area contributed by atoms with E-state index < -0.39 is 11.7 Å². The number of rotatable bonds is 5. The molecule has 0 saturated carbocycles. The molecule has 4 nitrogen and oxygen atoms in total. The third-order valence-corrected chi connectivity index (χ3v) is 6.00. The second kappa shape index (κ2) is 8.76. The maximum atomic E-state index is 12.8. The number of halogens is 3. The Bertz CT molecular complexity index is 876. The van der Waals surface area contributed by atoms with Crippen LogP contribution in [-0.2, 0) is 17.4 Å². The molecule has 0 spiro atoms. The van der Waals surface area contributed by atoms with E-state index in [2.05, 4.69) is 4.90 Å². The van der Waals surface area contributed by atoms with Crippen LogP contribution in [0.2, 0.25) is 0 Å². The summed E-state index contributed by atoms with van der Waals surface area (Å²) in [6.45, 7) is 3.03. The van der Waals surface area contributed by atoms with Crippen LogP contribution >= 0.6 is 0 Å². The largest absolute Gasteiger partial charge is 0.416 e. The van der Waals surface area contributed by atoms with Gasteiger partial charge in [0.2, 0.25) is 5.91 Å². The van der Waals surface area contributed by atoms with Gasteiger partial charge in [0.25, 0.3) is 0 Å². The molecule has 1 aromatic heterocycles. The molecule has 7 heteroatoms. The molecular weight excluding hydrogens is 391 g/mol. The zero-order valence-corrected chi connectivity index (χ0v) is 16.9. The molecule has 160 valence electrons. The van der Waals surface area contributed by atoms with E-state index >= 15 is 0 Å². The quantitative estimate of drug-likeness (QED) is 0.721. The molecule has 2 aliphatic rings. The van der Waals surface area contributed by atoms with Gasteiger partial charge < -0.3 is 4.90 Å². The monoisotopic (exact) mass is 417 g/mol. The van der Waals surface area contributed by atoms with Crippen molar-refractivity contribution in [1.29, 1.82) is 0 Å². The van der Waals surface area contributed by atoms with Crippen LogP contribution in [0.1, 0.15) is 54.2 Å². The van der Waals surface area contributed by atoms with Crippen LogP contribution in [0.25, 0.3) is 0 Å². The molecule has 3 heterocycles. The van der Waals surface area contributed by atoms with Crippen LogP contribution in [-0.4, -0.2) is 46.9 Å². The standard InChI is InChI=1S/C23H26F3N3O/c24-23(25,26)18-10-8-17(9-11-18)15-19-5-3-6-20(27-19)21-7-4-14-29(21)16-22(30)28-12-1-2-13-28/h3,5-6,8-11,21H,1-2,4,7,12-16H2/t21-/m1/s1. The van der Waals surface area contributed by atoms with Crippen LogP contribution in [0.5, 0.6) is 0 Å². The number of alkyl halides is 3. The molecule has 2 saturated heterocycles. The number of hydrogen-bond acceptors (Lipinski definition) is 3. The van der Waals surface area contributed by atoms with Crippen molar-refractivity contribution in [2.45, 2.75) is 44.3 Å². The summed E-state index contributed by atoms with van der Waals surface area (Å²) in [6.07, 6.45) is 0.318. The van der Waals surface area contributed by atoms with Crippen molar-refractivity contribution < 1.29 is 18.0 Å². The molecule has 2 aromatic rings. The third kappa shape index (κ3) is 4.83. The Morgan fingerprint density at radius 2 is 1.73 bits per heavy atom. The summed E-state index contributed by atoms with van der Waals surface area (Å²) in [5.41, 5.74) is 1.91. The smallest absolute Gasteiger partial charge is 0.342 e. The molecule has 2 fully saturated rings. The summed E-state index contributed by atoms with van der Waals surface area (Å²) in [4.78, 5) is 21.5. The predicted octanol–water partition coefficient (Wildman–Crippen LogP) is 4.45. The fourth-order valence-electron chi connectivity index (χ4n) is 4.39. The molecule has 0 radical (unpaired) electrons. The zero-order chi connectivity index (χ0) is 21.1. The lowest BCUT2D eigenvalue weighted by molar-refractivity contribution is -0.137. The van der Waals surface area contributed by atoms with Crippen molar-refractivity contribution in [3.63, 3.8) is 0 Å². The summed E-state index contributed by atoms with van der Waals surface area (Å²) < 4.78 is 38.3. The Hall–Kier alpha value is -2.41. The van der Waals surface area contributed by atoms with Crippen LogP contribution < -0.4 is 0 Å². The maximum Gasteiger partial charge on any atom is 0.416 e. The predicted molar refractivity (Wildman–Crippen MR) is 108 cm³/mol. The van der Waals surface area contributed by atoms with E-state index in [1.165, 1.54) is 12.1 Å². The van der Waals surface area contributed by atoms with Crippen molar-refractivity contribution in [1.82, 2.24) is 14.8 Å². The normalized spacial score (nSPS) is 20.1. The summed E-state index contributed by atoms with van der Waals surface area (Å²) in [6, 6.07) is 11.2. The van der Waals surface area contributed by atoms with Crippen LogP contribution in [0, 0.1) is 0 Å². The first-order chi connectivity index (χ1) is 14.4. The van der Waals surface area contributed by atoms with Gasteiger partial charge in [-0.05, 0) is 62.1 Å². The number of hydrogen-bond donors (Lipinski definition) is 0. The van der Waals surface area contributed by atoms with Gasteiger partial charge in [0.15, 0.2) is 0 Å². The van der Waals surface area contributed by atoms with Gasteiger partial charge >= 0.3 is 6.18 Å². The Morgan fingerprint density at radius 1 is 1.00 bits per heavy atom. The van der Waals surface area contributed by atoms with Crippen LogP contribution in [0.3, 0.4) is 0 Å². The second-order valence-electron chi connectivity index (χ2n) is 8.14. The van der Waals surface area contributed by atoms with E-state index in [0.29, 0.717) is 13.0 Å².